The summed E-state index contributed by atoms with van der Waals surface area (Å²) in [7, 11) is -3.41. The molecule has 2 aliphatic heterocycles. The lowest BCUT2D eigenvalue weighted by molar-refractivity contribution is -0.140. The van der Waals surface area contributed by atoms with Gasteiger partial charge in [0.15, 0.2) is 0 Å². The number of ether oxygens (including phenoxy) is 1. The lowest BCUT2D eigenvalue weighted by Crippen LogP contribution is -2.47. The number of piperidine rings is 1. The Kier molecular flexibility index (Phi) is 5.05. The molecule has 6 nitrogen and oxygen atoms in total. The summed E-state index contributed by atoms with van der Waals surface area (Å²) in [6.07, 6.45) is 1.19. The highest BCUT2D eigenvalue weighted by atomic mass is 32.2. The van der Waals surface area contributed by atoms with Crippen molar-refractivity contribution in [3.63, 3.8) is 0 Å². The average Bonchev–Trinajstić information content (AvgIpc) is 3.02. The van der Waals surface area contributed by atoms with E-state index in [2.05, 4.69) is 0 Å². The third kappa shape index (κ3) is 3.60. The fourth-order valence-corrected chi connectivity index (χ4v) is 5.97. The minimum Gasteiger partial charge on any atom is -0.378 e. The van der Waals surface area contributed by atoms with Crippen LogP contribution in [-0.4, -0.2) is 62.9 Å². The molecule has 128 valence electrons. The van der Waals surface area contributed by atoms with Crippen LogP contribution in [0.2, 0.25) is 0 Å². The number of rotatable bonds is 3. The number of morpholine rings is 1. The van der Waals surface area contributed by atoms with Gasteiger partial charge in [-0.15, -0.1) is 11.3 Å². The van der Waals surface area contributed by atoms with E-state index in [0.717, 1.165) is 4.88 Å². The zero-order valence-electron chi connectivity index (χ0n) is 13.2. The summed E-state index contributed by atoms with van der Waals surface area (Å²) in [5, 5.41) is 0. The van der Waals surface area contributed by atoms with Crippen molar-refractivity contribution in [2.24, 2.45) is 5.92 Å². The molecule has 1 amide bonds. The van der Waals surface area contributed by atoms with Crippen LogP contribution in [0.25, 0.3) is 0 Å². The number of hydrogen-bond acceptors (Lipinski definition) is 5. The van der Waals surface area contributed by atoms with Crippen LogP contribution in [0.1, 0.15) is 17.7 Å². The molecule has 0 unspecified atom stereocenters. The number of aryl methyl sites for hydroxylation is 1. The quantitative estimate of drug-likeness (QED) is 0.817. The molecule has 0 N–H and O–H groups in total. The van der Waals surface area contributed by atoms with E-state index < -0.39 is 10.0 Å². The largest absolute Gasteiger partial charge is 0.378 e. The van der Waals surface area contributed by atoms with Gasteiger partial charge in [-0.3, -0.25) is 4.79 Å². The number of hydrogen-bond donors (Lipinski definition) is 0. The molecule has 3 rings (SSSR count). The van der Waals surface area contributed by atoms with Gasteiger partial charge in [0.2, 0.25) is 5.91 Å². The molecule has 0 spiro atoms. The highest BCUT2D eigenvalue weighted by Gasteiger charge is 2.34. The van der Waals surface area contributed by atoms with Crippen LogP contribution < -0.4 is 0 Å². The van der Waals surface area contributed by atoms with Crippen LogP contribution in [0.5, 0.6) is 0 Å². The molecule has 0 aromatic carbocycles. The van der Waals surface area contributed by atoms with E-state index in [1.807, 2.05) is 17.9 Å². The van der Waals surface area contributed by atoms with E-state index in [1.165, 1.54) is 15.6 Å². The second-order valence-electron chi connectivity index (χ2n) is 5.98. The average molecular weight is 358 g/mol. The van der Waals surface area contributed by atoms with Crippen LogP contribution in [0, 0.1) is 12.8 Å². The molecule has 1 aromatic heterocycles. The first kappa shape index (κ1) is 16.9. The Bertz CT molecular complexity index is 657. The van der Waals surface area contributed by atoms with Crippen molar-refractivity contribution in [1.82, 2.24) is 9.21 Å². The van der Waals surface area contributed by atoms with E-state index in [9.17, 15) is 13.2 Å². The maximum atomic E-state index is 12.6. The summed E-state index contributed by atoms with van der Waals surface area (Å²) < 4.78 is 32.4. The highest BCUT2D eigenvalue weighted by Crippen LogP contribution is 2.28. The van der Waals surface area contributed by atoms with Crippen LogP contribution in [0.3, 0.4) is 0 Å². The van der Waals surface area contributed by atoms with Gasteiger partial charge in [0.25, 0.3) is 10.0 Å². The summed E-state index contributed by atoms with van der Waals surface area (Å²) >= 11 is 1.30. The molecule has 2 fully saturated rings. The maximum Gasteiger partial charge on any atom is 0.252 e. The third-order valence-corrected chi connectivity index (χ3v) is 7.80. The summed E-state index contributed by atoms with van der Waals surface area (Å²) in [6.45, 7) is 5.21. The molecule has 0 bridgehead atoms. The number of thiophene rings is 1. The van der Waals surface area contributed by atoms with Crippen LogP contribution in [-0.2, 0) is 19.6 Å². The Labute approximate surface area is 141 Å². The van der Waals surface area contributed by atoms with Gasteiger partial charge in [-0.25, -0.2) is 8.42 Å². The number of carbonyl (C=O) groups is 1. The molecule has 2 saturated heterocycles. The fraction of sp³-hybridized carbons (Fsp3) is 0.667. The monoisotopic (exact) mass is 358 g/mol. The minimum atomic E-state index is -3.41. The van der Waals surface area contributed by atoms with Crippen molar-refractivity contribution in [2.45, 2.75) is 24.0 Å². The van der Waals surface area contributed by atoms with Crippen molar-refractivity contribution in [3.05, 3.63) is 17.0 Å². The number of sulfonamides is 1. The number of carbonyl (C=O) groups excluding carboxylic acids is 1. The lowest BCUT2D eigenvalue weighted by atomic mass is 9.96. The molecule has 23 heavy (non-hydrogen) atoms. The summed E-state index contributed by atoms with van der Waals surface area (Å²) in [4.78, 5) is 15.3. The van der Waals surface area contributed by atoms with Crippen molar-refractivity contribution in [2.75, 3.05) is 39.4 Å². The van der Waals surface area contributed by atoms with E-state index in [1.54, 1.807) is 6.07 Å². The summed E-state index contributed by atoms with van der Waals surface area (Å²) in [5.74, 6) is 0.0851. The van der Waals surface area contributed by atoms with Gasteiger partial charge in [0.05, 0.1) is 13.2 Å². The Balaban J connectivity index is 1.60. The molecule has 8 heteroatoms. The number of amides is 1. The molecular formula is C15H22N2O4S2. The van der Waals surface area contributed by atoms with Gasteiger partial charge < -0.3 is 9.64 Å². The molecule has 0 radical (unpaired) electrons. The third-order valence-electron chi connectivity index (χ3n) is 4.44. The van der Waals surface area contributed by atoms with Crippen molar-refractivity contribution in [1.29, 1.82) is 0 Å². The van der Waals surface area contributed by atoms with Crippen LogP contribution in [0.4, 0.5) is 0 Å². The molecule has 2 aliphatic rings. The predicted octanol–water partition coefficient (Wildman–Crippen LogP) is 1.32. The first-order chi connectivity index (χ1) is 11.0. The van der Waals surface area contributed by atoms with Gasteiger partial charge in [-0.05, 0) is 31.9 Å². The fourth-order valence-electron chi connectivity index (χ4n) is 3.06. The second-order valence-corrected chi connectivity index (χ2v) is 9.43. The highest BCUT2D eigenvalue weighted by molar-refractivity contribution is 7.91. The lowest BCUT2D eigenvalue weighted by Gasteiger charge is -2.34. The summed E-state index contributed by atoms with van der Waals surface area (Å²) in [6, 6.07) is 3.49. The standard InChI is InChI=1S/C15H22N2O4S2/c1-12-2-3-14(22-12)23(19,20)17-6-4-13(5-7-17)15(18)16-8-10-21-11-9-16/h2-3,13H,4-11H2,1H3. The minimum absolute atomic E-state index is 0.0652. The first-order valence-electron chi connectivity index (χ1n) is 7.91. The number of nitrogens with zero attached hydrogens (tertiary/aromatic N) is 2. The molecule has 3 heterocycles. The van der Waals surface area contributed by atoms with Crippen molar-refractivity contribution < 1.29 is 17.9 Å². The SMILES string of the molecule is Cc1ccc(S(=O)(=O)N2CCC(C(=O)N3CCOCC3)CC2)s1. The van der Waals surface area contributed by atoms with E-state index in [0.29, 0.717) is 56.4 Å². The topological polar surface area (TPSA) is 66.9 Å². The first-order valence-corrected chi connectivity index (χ1v) is 10.2. The second kappa shape index (κ2) is 6.88. The molecule has 0 atom stereocenters. The predicted molar refractivity (Wildman–Crippen MR) is 87.9 cm³/mol. The molecule has 0 aliphatic carbocycles. The molecular weight excluding hydrogens is 336 g/mol. The van der Waals surface area contributed by atoms with Gasteiger partial charge in [-0.2, -0.15) is 4.31 Å². The van der Waals surface area contributed by atoms with Gasteiger partial charge >= 0.3 is 0 Å². The van der Waals surface area contributed by atoms with E-state index in [-0.39, 0.29) is 11.8 Å². The summed E-state index contributed by atoms with van der Waals surface area (Å²) in [5.41, 5.74) is 0. The smallest absolute Gasteiger partial charge is 0.252 e. The maximum absolute atomic E-state index is 12.6. The Hall–Kier alpha value is -0.960. The van der Waals surface area contributed by atoms with E-state index >= 15 is 0 Å². The van der Waals surface area contributed by atoms with E-state index in [4.69, 9.17) is 4.74 Å². The van der Waals surface area contributed by atoms with Crippen LogP contribution >= 0.6 is 11.3 Å². The van der Waals surface area contributed by atoms with Crippen LogP contribution in [0.15, 0.2) is 16.3 Å². The Morgan fingerprint density at radius 3 is 2.39 bits per heavy atom. The zero-order valence-corrected chi connectivity index (χ0v) is 14.9. The van der Waals surface area contributed by atoms with Crippen molar-refractivity contribution >= 4 is 27.3 Å². The normalized spacial score (nSPS) is 21.5. The Morgan fingerprint density at radius 2 is 1.83 bits per heavy atom. The molecule has 1 aromatic rings. The Morgan fingerprint density at radius 1 is 1.17 bits per heavy atom. The van der Waals surface area contributed by atoms with Gasteiger partial charge in [0.1, 0.15) is 4.21 Å². The van der Waals surface area contributed by atoms with Crippen molar-refractivity contribution in [3.8, 4) is 0 Å². The van der Waals surface area contributed by atoms with Gasteiger partial charge in [-0.1, -0.05) is 0 Å². The van der Waals surface area contributed by atoms with Gasteiger partial charge in [0, 0.05) is 37.0 Å². The zero-order chi connectivity index (χ0) is 16.4. The molecule has 0 saturated carbocycles.